The lowest BCUT2D eigenvalue weighted by molar-refractivity contribution is 1.38. The summed E-state index contributed by atoms with van der Waals surface area (Å²) in [5.41, 5.74) is 4.65. The number of hydrogen-bond acceptors (Lipinski definition) is 3. The molecule has 3 aromatic carbocycles. The first kappa shape index (κ1) is 19.5. The largest absolute Gasteiger partial charge is 0.241 e. The van der Waals surface area contributed by atoms with E-state index in [1.165, 1.54) is 20.9 Å². The van der Waals surface area contributed by atoms with Crippen molar-refractivity contribution in [2.45, 2.75) is 30.6 Å². The maximum absolute atomic E-state index is 4.93. The minimum absolute atomic E-state index is 0.979. The normalized spacial score (nSPS) is 12.3. The summed E-state index contributed by atoms with van der Waals surface area (Å²) in [5, 5.41) is 3.20. The van der Waals surface area contributed by atoms with Crippen LogP contribution in [0.25, 0.3) is 0 Å². The fraction of sp³-hybridized carbons (Fsp3) is 0.125. The van der Waals surface area contributed by atoms with Crippen molar-refractivity contribution in [1.82, 2.24) is 0 Å². The zero-order valence-corrected chi connectivity index (χ0v) is 17.5. The van der Waals surface area contributed by atoms with Gasteiger partial charge in [-0.15, -0.1) is 0 Å². The van der Waals surface area contributed by atoms with Crippen LogP contribution in [0, 0.1) is 13.8 Å². The summed E-state index contributed by atoms with van der Waals surface area (Å²) in [4.78, 5) is 7.35. The highest BCUT2D eigenvalue weighted by Crippen LogP contribution is 2.29. The lowest BCUT2D eigenvalue weighted by atomic mass is 10.2. The van der Waals surface area contributed by atoms with Crippen LogP contribution < -0.4 is 0 Å². The average molecular weight is 390 g/mol. The first-order valence-corrected chi connectivity index (χ1v) is 10.6. The van der Waals surface area contributed by atoms with Gasteiger partial charge in [0.05, 0.1) is 5.69 Å². The Bertz CT molecular complexity index is 924. The minimum Gasteiger partial charge on any atom is -0.241 e. The predicted octanol–water partition coefficient (Wildman–Crippen LogP) is 7.82. The average Bonchev–Trinajstić information content (AvgIpc) is 2.69. The number of benzene rings is 3. The molecule has 3 rings (SSSR count). The zero-order valence-electron chi connectivity index (χ0n) is 15.8. The Labute approximate surface area is 170 Å². The second-order valence-corrected chi connectivity index (χ2v) is 8.40. The van der Waals surface area contributed by atoms with Gasteiger partial charge in [0, 0.05) is 9.79 Å². The molecule has 1 nitrogen and oxygen atoms in total. The fourth-order valence-corrected chi connectivity index (χ4v) is 4.03. The van der Waals surface area contributed by atoms with Crippen LogP contribution in [-0.2, 0) is 0 Å². The van der Waals surface area contributed by atoms with E-state index in [1.54, 1.807) is 23.5 Å². The predicted molar refractivity (Wildman–Crippen MR) is 121 cm³/mol. The molecule has 0 atom stereocenters. The molecule has 136 valence electrons. The number of aryl methyl sites for hydroxylation is 2. The summed E-state index contributed by atoms with van der Waals surface area (Å²) < 4.78 is 0. The van der Waals surface area contributed by atoms with E-state index in [0.29, 0.717) is 0 Å². The summed E-state index contributed by atoms with van der Waals surface area (Å²) in [5.74, 6) is 0. The van der Waals surface area contributed by atoms with E-state index in [1.807, 2.05) is 6.07 Å². The van der Waals surface area contributed by atoms with Gasteiger partial charge in [-0.25, -0.2) is 4.99 Å². The van der Waals surface area contributed by atoms with E-state index in [9.17, 15) is 0 Å². The van der Waals surface area contributed by atoms with Gasteiger partial charge in [0.15, 0.2) is 0 Å². The van der Waals surface area contributed by atoms with Crippen molar-refractivity contribution in [3.8, 4) is 0 Å². The van der Waals surface area contributed by atoms with Crippen LogP contribution in [0.2, 0.25) is 0 Å². The van der Waals surface area contributed by atoms with E-state index >= 15 is 0 Å². The molecule has 0 unspecified atom stereocenters. The van der Waals surface area contributed by atoms with Gasteiger partial charge in [-0.1, -0.05) is 77.1 Å². The molecule has 0 aliphatic rings. The number of nitrogens with zero attached hydrogens (tertiary/aromatic N) is 1. The van der Waals surface area contributed by atoms with Gasteiger partial charge in [-0.2, -0.15) is 0 Å². The third kappa shape index (κ3) is 6.16. The maximum atomic E-state index is 4.93. The molecular formula is C24H23NS2. The van der Waals surface area contributed by atoms with Crippen molar-refractivity contribution in [3.63, 3.8) is 0 Å². The molecule has 3 heteroatoms. The molecule has 27 heavy (non-hydrogen) atoms. The maximum Gasteiger partial charge on any atom is 0.105 e. The molecule has 0 aromatic heterocycles. The molecule has 0 spiro atoms. The van der Waals surface area contributed by atoms with Gasteiger partial charge < -0.3 is 0 Å². The van der Waals surface area contributed by atoms with E-state index in [-0.39, 0.29) is 0 Å². The molecule has 3 aromatic rings. The standard InChI is InChI=1S/C24H23NS2/c1-18-9-13-21(14-10-18)25-24(27-23-15-11-19(2)12-16-23)20(3)17-26-22-7-5-4-6-8-22/h4-17H,1-3H3. The topological polar surface area (TPSA) is 12.4 Å². The van der Waals surface area contributed by atoms with Crippen LogP contribution in [0.1, 0.15) is 18.1 Å². The monoisotopic (exact) mass is 389 g/mol. The first-order valence-electron chi connectivity index (χ1n) is 8.89. The first-order chi connectivity index (χ1) is 13.1. The van der Waals surface area contributed by atoms with Gasteiger partial charge in [-0.3, -0.25) is 0 Å². The van der Waals surface area contributed by atoms with E-state index in [0.717, 1.165) is 16.3 Å². The summed E-state index contributed by atoms with van der Waals surface area (Å²) in [7, 11) is 0. The second kappa shape index (κ2) is 9.63. The second-order valence-electron chi connectivity index (χ2n) is 6.40. The van der Waals surface area contributed by atoms with Crippen molar-refractivity contribution in [3.05, 3.63) is 101 Å². The van der Waals surface area contributed by atoms with Crippen LogP contribution >= 0.6 is 23.5 Å². The van der Waals surface area contributed by atoms with Crippen molar-refractivity contribution < 1.29 is 0 Å². The molecule has 0 radical (unpaired) electrons. The highest BCUT2D eigenvalue weighted by Gasteiger charge is 2.07. The Morgan fingerprint density at radius 2 is 1.33 bits per heavy atom. The van der Waals surface area contributed by atoms with Crippen molar-refractivity contribution >= 4 is 34.3 Å². The van der Waals surface area contributed by atoms with Crippen LogP contribution in [0.4, 0.5) is 5.69 Å². The van der Waals surface area contributed by atoms with E-state index in [4.69, 9.17) is 4.99 Å². The Balaban J connectivity index is 1.88. The van der Waals surface area contributed by atoms with Crippen LogP contribution in [-0.4, -0.2) is 5.04 Å². The quantitative estimate of drug-likeness (QED) is 0.250. The molecule has 0 aliphatic carbocycles. The molecule has 0 N–H and O–H groups in total. The Morgan fingerprint density at radius 3 is 1.96 bits per heavy atom. The van der Waals surface area contributed by atoms with Crippen LogP contribution in [0.5, 0.6) is 0 Å². The van der Waals surface area contributed by atoms with Gasteiger partial charge in [-0.05, 0) is 68.2 Å². The van der Waals surface area contributed by atoms with Crippen molar-refractivity contribution in [2.75, 3.05) is 0 Å². The molecule has 0 heterocycles. The summed E-state index contributed by atoms with van der Waals surface area (Å²) in [6, 6.07) is 27.4. The number of aliphatic imine (C=N–C) groups is 1. The van der Waals surface area contributed by atoms with E-state index < -0.39 is 0 Å². The molecule has 0 saturated carbocycles. The summed E-state index contributed by atoms with van der Waals surface area (Å²) in [6.07, 6.45) is 0. The van der Waals surface area contributed by atoms with Gasteiger partial charge in [0.2, 0.25) is 0 Å². The number of hydrogen-bond donors (Lipinski definition) is 0. The molecule has 0 fully saturated rings. The smallest absolute Gasteiger partial charge is 0.105 e. The van der Waals surface area contributed by atoms with Crippen LogP contribution in [0.3, 0.4) is 0 Å². The highest BCUT2D eigenvalue weighted by atomic mass is 32.2. The fourth-order valence-electron chi connectivity index (χ4n) is 2.35. The zero-order chi connectivity index (χ0) is 19.1. The van der Waals surface area contributed by atoms with Gasteiger partial charge in [0.25, 0.3) is 0 Å². The molecule has 0 saturated heterocycles. The number of rotatable bonds is 5. The Kier molecular flexibility index (Phi) is 6.97. The van der Waals surface area contributed by atoms with Gasteiger partial charge >= 0.3 is 0 Å². The van der Waals surface area contributed by atoms with E-state index in [2.05, 4.69) is 99.0 Å². The minimum atomic E-state index is 0.979. The third-order valence-electron chi connectivity index (χ3n) is 3.95. The Morgan fingerprint density at radius 1 is 0.741 bits per heavy atom. The SMILES string of the molecule is CC(=CSc1ccccc1)C(=Nc1ccc(C)cc1)Sc1ccc(C)cc1. The molecular weight excluding hydrogens is 366 g/mol. The van der Waals surface area contributed by atoms with Crippen LogP contribution in [0.15, 0.2) is 105 Å². The lowest BCUT2D eigenvalue weighted by Crippen LogP contribution is -1.94. The molecule has 0 bridgehead atoms. The van der Waals surface area contributed by atoms with Gasteiger partial charge in [0.1, 0.15) is 5.04 Å². The lowest BCUT2D eigenvalue weighted by Gasteiger charge is -2.08. The molecule has 0 aliphatic heterocycles. The third-order valence-corrected chi connectivity index (χ3v) is 6.08. The summed E-state index contributed by atoms with van der Waals surface area (Å²) >= 11 is 3.43. The molecule has 0 amide bonds. The number of thioether (sulfide) groups is 2. The summed E-state index contributed by atoms with van der Waals surface area (Å²) in [6.45, 7) is 6.33. The van der Waals surface area contributed by atoms with Crippen molar-refractivity contribution in [1.29, 1.82) is 0 Å². The Hall–Kier alpha value is -2.23. The highest BCUT2D eigenvalue weighted by molar-refractivity contribution is 8.14. The van der Waals surface area contributed by atoms with Crippen molar-refractivity contribution in [2.24, 2.45) is 4.99 Å².